The van der Waals surface area contributed by atoms with Crippen molar-refractivity contribution in [3.05, 3.63) is 51.7 Å². The molecule has 27 heavy (non-hydrogen) atoms. The van der Waals surface area contributed by atoms with Gasteiger partial charge < -0.3 is 15.4 Å². The molecule has 0 saturated carbocycles. The fourth-order valence-electron chi connectivity index (χ4n) is 3.35. The number of aliphatic imine (C=N–C) groups is 1. The second-order valence-electron chi connectivity index (χ2n) is 6.81. The number of thiazole rings is 1. The average Bonchev–Trinajstić information content (AvgIpc) is 3.10. The minimum Gasteiger partial charge on any atom is -0.381 e. The van der Waals surface area contributed by atoms with Crippen molar-refractivity contribution >= 4 is 17.3 Å². The van der Waals surface area contributed by atoms with E-state index in [1.165, 1.54) is 17.0 Å². The van der Waals surface area contributed by atoms with Gasteiger partial charge in [-0.3, -0.25) is 0 Å². The van der Waals surface area contributed by atoms with Gasteiger partial charge >= 0.3 is 0 Å². The molecule has 0 bridgehead atoms. The molecule has 0 amide bonds. The van der Waals surface area contributed by atoms with Crippen LogP contribution in [0, 0.1) is 12.7 Å². The summed E-state index contributed by atoms with van der Waals surface area (Å²) >= 11 is 1.67. The zero-order valence-electron chi connectivity index (χ0n) is 15.9. The third-order valence-corrected chi connectivity index (χ3v) is 5.78. The van der Waals surface area contributed by atoms with Crippen LogP contribution in [0.2, 0.25) is 0 Å². The van der Waals surface area contributed by atoms with Crippen LogP contribution in [0.4, 0.5) is 4.39 Å². The monoisotopic (exact) mass is 390 g/mol. The lowest BCUT2D eigenvalue weighted by Crippen LogP contribution is -2.48. The molecule has 1 fully saturated rings. The van der Waals surface area contributed by atoms with Gasteiger partial charge in [0.25, 0.3) is 0 Å². The molecular weight excluding hydrogens is 363 g/mol. The number of benzene rings is 1. The van der Waals surface area contributed by atoms with E-state index in [2.05, 4.69) is 27.5 Å². The summed E-state index contributed by atoms with van der Waals surface area (Å²) in [5.41, 5.74) is 1.06. The molecule has 1 aromatic heterocycles. The Labute approximate surface area is 164 Å². The highest BCUT2D eigenvalue weighted by Crippen LogP contribution is 2.34. The van der Waals surface area contributed by atoms with Crippen LogP contribution >= 0.6 is 11.3 Å². The van der Waals surface area contributed by atoms with Gasteiger partial charge in [-0.25, -0.2) is 14.4 Å². The Morgan fingerprint density at radius 2 is 2.00 bits per heavy atom. The van der Waals surface area contributed by atoms with Crippen LogP contribution in [0.1, 0.15) is 35.2 Å². The molecule has 146 valence electrons. The van der Waals surface area contributed by atoms with Crippen LogP contribution in [0.15, 0.2) is 35.5 Å². The fourth-order valence-corrected chi connectivity index (χ4v) is 4.06. The number of nitrogens with one attached hydrogen (secondary N) is 2. The van der Waals surface area contributed by atoms with Crippen LogP contribution in [0.25, 0.3) is 0 Å². The quantitative estimate of drug-likeness (QED) is 0.586. The van der Waals surface area contributed by atoms with E-state index in [0.29, 0.717) is 19.8 Å². The highest BCUT2D eigenvalue weighted by Gasteiger charge is 2.34. The lowest BCUT2D eigenvalue weighted by atomic mass is 9.74. The van der Waals surface area contributed by atoms with Crippen molar-refractivity contribution in [1.82, 2.24) is 15.6 Å². The first-order valence-corrected chi connectivity index (χ1v) is 10.2. The summed E-state index contributed by atoms with van der Waals surface area (Å²) in [5.74, 6) is 0.570. The number of hydrogen-bond donors (Lipinski definition) is 2. The third-order valence-electron chi connectivity index (χ3n) is 4.89. The number of nitrogens with zero attached hydrogens (tertiary/aromatic N) is 2. The minimum absolute atomic E-state index is 0.0834. The Balaban J connectivity index is 1.72. The fraction of sp³-hybridized carbons (Fsp3) is 0.500. The molecule has 1 aliphatic rings. The predicted molar refractivity (Wildman–Crippen MR) is 108 cm³/mol. The number of aryl methyl sites for hydroxylation is 1. The summed E-state index contributed by atoms with van der Waals surface area (Å²) in [5, 5.41) is 7.79. The molecule has 0 aliphatic carbocycles. The first-order valence-electron chi connectivity index (χ1n) is 9.38. The van der Waals surface area contributed by atoms with Crippen molar-refractivity contribution in [3.8, 4) is 0 Å². The van der Waals surface area contributed by atoms with Crippen molar-refractivity contribution in [3.63, 3.8) is 0 Å². The Morgan fingerprint density at radius 1 is 1.26 bits per heavy atom. The standard InChI is InChI=1S/C20H27FN4OS/c1-3-22-19(24-13-18-23-12-15(2)27-18)25-14-20(8-10-26-11-9-20)16-4-6-17(21)7-5-16/h4-7,12H,3,8-11,13-14H2,1-2H3,(H2,22,24,25). The zero-order valence-corrected chi connectivity index (χ0v) is 16.7. The van der Waals surface area contributed by atoms with E-state index in [1.807, 2.05) is 25.3 Å². The van der Waals surface area contributed by atoms with Gasteiger partial charge in [-0.05, 0) is 44.4 Å². The van der Waals surface area contributed by atoms with Crippen molar-refractivity contribution in [1.29, 1.82) is 0 Å². The smallest absolute Gasteiger partial charge is 0.191 e. The molecule has 0 atom stereocenters. The van der Waals surface area contributed by atoms with Gasteiger partial charge in [0.05, 0.1) is 6.54 Å². The van der Waals surface area contributed by atoms with E-state index in [0.717, 1.165) is 42.5 Å². The summed E-state index contributed by atoms with van der Waals surface area (Å²) in [6.07, 6.45) is 3.68. The molecule has 2 N–H and O–H groups in total. The molecule has 2 heterocycles. The topological polar surface area (TPSA) is 58.5 Å². The first-order chi connectivity index (χ1) is 13.1. The first kappa shape index (κ1) is 19.8. The van der Waals surface area contributed by atoms with Crippen LogP contribution in [-0.4, -0.2) is 37.2 Å². The zero-order chi connectivity index (χ0) is 19.1. The van der Waals surface area contributed by atoms with Gasteiger partial charge in [0.1, 0.15) is 10.8 Å². The molecular formula is C20H27FN4OS. The average molecular weight is 391 g/mol. The summed E-state index contributed by atoms with van der Waals surface area (Å²) in [6.45, 7) is 7.59. The maximum Gasteiger partial charge on any atom is 0.191 e. The van der Waals surface area contributed by atoms with Gasteiger partial charge in [-0.15, -0.1) is 11.3 Å². The highest BCUT2D eigenvalue weighted by molar-refractivity contribution is 7.11. The largest absolute Gasteiger partial charge is 0.381 e. The van der Waals surface area contributed by atoms with E-state index in [9.17, 15) is 4.39 Å². The molecule has 1 aromatic carbocycles. The van der Waals surface area contributed by atoms with Crippen LogP contribution in [-0.2, 0) is 16.7 Å². The molecule has 3 rings (SSSR count). The number of ether oxygens (including phenoxy) is 1. The highest BCUT2D eigenvalue weighted by atomic mass is 32.1. The van der Waals surface area contributed by atoms with Crippen molar-refractivity contribution in [2.24, 2.45) is 4.99 Å². The Hall–Kier alpha value is -1.99. The molecule has 0 radical (unpaired) electrons. The number of hydrogen-bond acceptors (Lipinski definition) is 4. The molecule has 1 saturated heterocycles. The molecule has 1 aliphatic heterocycles. The van der Waals surface area contributed by atoms with Crippen LogP contribution < -0.4 is 10.6 Å². The van der Waals surface area contributed by atoms with Gasteiger partial charge in [-0.1, -0.05) is 12.1 Å². The van der Waals surface area contributed by atoms with Gasteiger partial charge in [-0.2, -0.15) is 0 Å². The number of halogens is 1. The SMILES string of the molecule is CCNC(=NCc1ncc(C)s1)NCC1(c2ccc(F)cc2)CCOCC1. The molecule has 7 heteroatoms. The summed E-state index contributed by atoms with van der Waals surface area (Å²) in [4.78, 5) is 10.2. The Kier molecular flexibility index (Phi) is 6.79. The Bertz CT molecular complexity index is 754. The lowest BCUT2D eigenvalue weighted by Gasteiger charge is -2.38. The van der Waals surface area contributed by atoms with Crippen LogP contribution in [0.5, 0.6) is 0 Å². The molecule has 0 unspecified atom stereocenters. The van der Waals surface area contributed by atoms with Gasteiger partial charge in [0, 0.05) is 42.8 Å². The number of rotatable bonds is 6. The number of guanidine groups is 1. The number of aromatic nitrogens is 1. The van der Waals surface area contributed by atoms with Crippen molar-refractivity contribution < 1.29 is 9.13 Å². The summed E-state index contributed by atoms with van der Waals surface area (Å²) < 4.78 is 19.0. The second kappa shape index (κ2) is 9.28. The summed E-state index contributed by atoms with van der Waals surface area (Å²) in [7, 11) is 0. The summed E-state index contributed by atoms with van der Waals surface area (Å²) in [6, 6.07) is 6.86. The lowest BCUT2D eigenvalue weighted by molar-refractivity contribution is 0.0513. The molecule has 2 aromatic rings. The van der Waals surface area contributed by atoms with E-state index < -0.39 is 0 Å². The van der Waals surface area contributed by atoms with Gasteiger partial charge in [0.2, 0.25) is 0 Å². The maximum atomic E-state index is 13.4. The van der Waals surface area contributed by atoms with Gasteiger partial charge in [0.15, 0.2) is 5.96 Å². The Morgan fingerprint density at radius 3 is 2.63 bits per heavy atom. The maximum absolute atomic E-state index is 13.4. The minimum atomic E-state index is -0.206. The van der Waals surface area contributed by atoms with E-state index in [1.54, 1.807) is 11.3 Å². The third kappa shape index (κ3) is 5.26. The predicted octanol–water partition coefficient (Wildman–Crippen LogP) is 3.39. The van der Waals surface area contributed by atoms with Crippen molar-refractivity contribution in [2.45, 2.75) is 38.6 Å². The van der Waals surface area contributed by atoms with E-state index >= 15 is 0 Å². The van der Waals surface area contributed by atoms with Crippen molar-refractivity contribution in [2.75, 3.05) is 26.3 Å². The van der Waals surface area contributed by atoms with E-state index in [4.69, 9.17) is 4.74 Å². The molecule has 0 spiro atoms. The van der Waals surface area contributed by atoms with Crippen LogP contribution in [0.3, 0.4) is 0 Å². The normalized spacial score (nSPS) is 16.9. The van der Waals surface area contributed by atoms with E-state index in [-0.39, 0.29) is 11.2 Å². The molecule has 5 nitrogen and oxygen atoms in total. The second-order valence-corrected chi connectivity index (χ2v) is 8.13.